The lowest BCUT2D eigenvalue weighted by Crippen LogP contribution is -2.55. The Morgan fingerprint density at radius 2 is 1.81 bits per heavy atom. The highest BCUT2D eigenvalue weighted by Gasteiger charge is 2.56. The predicted octanol–water partition coefficient (Wildman–Crippen LogP) is 1.31. The van der Waals surface area contributed by atoms with Crippen LogP contribution in [0.25, 0.3) is 0 Å². The summed E-state index contributed by atoms with van der Waals surface area (Å²) in [7, 11) is -3.37. The van der Waals surface area contributed by atoms with E-state index in [-0.39, 0.29) is 17.9 Å². The van der Waals surface area contributed by atoms with E-state index < -0.39 is 14.8 Å². The van der Waals surface area contributed by atoms with Crippen molar-refractivity contribution in [3.8, 4) is 0 Å². The topological polar surface area (TPSA) is 54.5 Å². The van der Waals surface area contributed by atoms with Crippen molar-refractivity contribution in [2.45, 2.75) is 56.7 Å². The zero-order valence-electron chi connectivity index (χ0n) is 10.1. The lowest BCUT2D eigenvalue weighted by molar-refractivity contribution is -0.117. The van der Waals surface area contributed by atoms with Crippen molar-refractivity contribution in [3.05, 3.63) is 0 Å². The molecule has 0 aromatic rings. The molecular weight excluding hydrogens is 226 g/mol. The number of ketones is 1. The molecule has 1 saturated heterocycles. The fraction of sp³-hybridized carbons (Fsp3) is 0.909. The minimum absolute atomic E-state index is 0.0625. The summed E-state index contributed by atoms with van der Waals surface area (Å²) in [5.74, 6) is 0.0625. The smallest absolute Gasteiger partial charge is 0.219 e. The van der Waals surface area contributed by atoms with Crippen LogP contribution in [-0.2, 0) is 14.8 Å². The van der Waals surface area contributed by atoms with Gasteiger partial charge in [0.25, 0.3) is 0 Å². The molecule has 1 heterocycles. The molecule has 0 bridgehead atoms. The van der Waals surface area contributed by atoms with Crippen LogP contribution in [0.5, 0.6) is 0 Å². The summed E-state index contributed by atoms with van der Waals surface area (Å²) in [6.07, 6.45) is 3.13. The largest absolute Gasteiger partial charge is 0.298 e. The Balaban J connectivity index is 2.38. The molecule has 1 spiro atoms. The number of hydrogen-bond donors (Lipinski definition) is 0. The van der Waals surface area contributed by atoms with Gasteiger partial charge in [-0.3, -0.25) is 4.79 Å². The number of sulfonamides is 1. The van der Waals surface area contributed by atoms with Gasteiger partial charge < -0.3 is 0 Å². The monoisotopic (exact) mass is 245 g/mol. The van der Waals surface area contributed by atoms with E-state index >= 15 is 0 Å². The summed E-state index contributed by atoms with van der Waals surface area (Å²) in [4.78, 5) is 11.5. The van der Waals surface area contributed by atoms with Gasteiger partial charge in [-0.15, -0.1) is 0 Å². The van der Waals surface area contributed by atoms with E-state index in [9.17, 15) is 13.2 Å². The maximum atomic E-state index is 12.4. The van der Waals surface area contributed by atoms with E-state index in [1.54, 1.807) is 20.8 Å². The summed E-state index contributed by atoms with van der Waals surface area (Å²) in [6.45, 7) is 5.16. The van der Waals surface area contributed by atoms with Crippen LogP contribution in [-0.4, -0.2) is 35.3 Å². The Morgan fingerprint density at radius 1 is 1.25 bits per heavy atom. The lowest BCUT2D eigenvalue weighted by atomic mass is 9.76. The maximum Gasteiger partial charge on any atom is 0.219 e. The summed E-state index contributed by atoms with van der Waals surface area (Å²) in [6, 6.07) is 0. The van der Waals surface area contributed by atoms with E-state index in [0.29, 0.717) is 6.42 Å². The van der Waals surface area contributed by atoms with Crippen LogP contribution in [0.4, 0.5) is 0 Å². The minimum Gasteiger partial charge on any atom is -0.298 e. The van der Waals surface area contributed by atoms with Gasteiger partial charge in [-0.1, -0.05) is 0 Å². The molecule has 4 nitrogen and oxygen atoms in total. The molecule has 0 atom stereocenters. The van der Waals surface area contributed by atoms with Gasteiger partial charge in [0.2, 0.25) is 10.0 Å². The van der Waals surface area contributed by atoms with Crippen molar-refractivity contribution >= 4 is 15.8 Å². The lowest BCUT2D eigenvalue weighted by Gasteiger charge is -2.46. The average molecular weight is 245 g/mol. The van der Waals surface area contributed by atoms with Crippen LogP contribution in [0.3, 0.4) is 0 Å². The Kier molecular flexibility index (Phi) is 2.48. The summed E-state index contributed by atoms with van der Waals surface area (Å²) in [5.41, 5.74) is -0.358. The van der Waals surface area contributed by atoms with Crippen molar-refractivity contribution in [1.29, 1.82) is 0 Å². The first-order valence-electron chi connectivity index (χ1n) is 5.73. The van der Waals surface area contributed by atoms with Crippen molar-refractivity contribution in [1.82, 2.24) is 4.31 Å². The van der Waals surface area contributed by atoms with E-state index in [2.05, 4.69) is 0 Å². The standard InChI is InChI=1S/C11H19NO3S/c1-10(2,3)16(14,15)12-8-9(13)7-11(12)5-4-6-11/h4-8H2,1-3H3. The fourth-order valence-corrected chi connectivity index (χ4v) is 4.25. The van der Waals surface area contributed by atoms with E-state index in [1.807, 2.05) is 0 Å². The molecule has 0 radical (unpaired) electrons. The van der Waals surface area contributed by atoms with Gasteiger partial charge >= 0.3 is 0 Å². The van der Waals surface area contributed by atoms with E-state index in [4.69, 9.17) is 0 Å². The van der Waals surface area contributed by atoms with Crippen molar-refractivity contribution < 1.29 is 13.2 Å². The molecule has 1 aliphatic heterocycles. The quantitative estimate of drug-likeness (QED) is 0.700. The Labute approximate surface area is 97.1 Å². The fourth-order valence-electron chi connectivity index (χ4n) is 2.52. The minimum atomic E-state index is -3.37. The first kappa shape index (κ1) is 12.0. The van der Waals surface area contributed by atoms with Crippen molar-refractivity contribution in [2.75, 3.05) is 6.54 Å². The van der Waals surface area contributed by atoms with Crippen LogP contribution >= 0.6 is 0 Å². The third kappa shape index (κ3) is 1.52. The summed E-state index contributed by atoms with van der Waals surface area (Å²) < 4.78 is 25.4. The number of nitrogens with zero attached hydrogens (tertiary/aromatic N) is 1. The second kappa shape index (κ2) is 3.29. The van der Waals surface area contributed by atoms with Gasteiger partial charge in [0.15, 0.2) is 0 Å². The number of Topliss-reactive ketones (excluding diaryl/α,β-unsaturated/α-hetero) is 1. The molecular formula is C11H19NO3S. The maximum absolute atomic E-state index is 12.4. The van der Waals surface area contributed by atoms with Crippen molar-refractivity contribution in [3.63, 3.8) is 0 Å². The summed E-state index contributed by atoms with van der Waals surface area (Å²) in [5, 5.41) is 0. The Hall–Kier alpha value is -0.420. The molecule has 16 heavy (non-hydrogen) atoms. The predicted molar refractivity (Wildman–Crippen MR) is 61.6 cm³/mol. The molecule has 0 aromatic carbocycles. The highest BCUT2D eigenvalue weighted by atomic mass is 32.2. The molecule has 0 unspecified atom stereocenters. The first-order chi connectivity index (χ1) is 7.19. The molecule has 1 aliphatic carbocycles. The molecule has 0 aromatic heterocycles. The Morgan fingerprint density at radius 3 is 2.19 bits per heavy atom. The van der Waals surface area contributed by atoms with Crippen LogP contribution in [0.2, 0.25) is 0 Å². The van der Waals surface area contributed by atoms with Crippen LogP contribution in [0.1, 0.15) is 46.5 Å². The first-order valence-corrected chi connectivity index (χ1v) is 7.17. The number of carbonyl (C=O) groups is 1. The molecule has 1 saturated carbocycles. The number of rotatable bonds is 1. The number of carbonyl (C=O) groups excluding carboxylic acids is 1. The zero-order chi connectivity index (χ0) is 12.2. The molecule has 2 rings (SSSR count). The molecule has 0 amide bonds. The van der Waals surface area contributed by atoms with Crippen LogP contribution < -0.4 is 0 Å². The molecule has 2 aliphatic rings. The third-order valence-electron chi connectivity index (χ3n) is 3.72. The van der Waals surface area contributed by atoms with Gasteiger partial charge in [-0.2, -0.15) is 4.31 Å². The van der Waals surface area contributed by atoms with E-state index in [1.165, 1.54) is 4.31 Å². The molecule has 2 fully saturated rings. The van der Waals surface area contributed by atoms with Gasteiger partial charge in [0, 0.05) is 12.0 Å². The van der Waals surface area contributed by atoms with Gasteiger partial charge in [-0.25, -0.2) is 8.42 Å². The van der Waals surface area contributed by atoms with Crippen molar-refractivity contribution in [2.24, 2.45) is 0 Å². The second-order valence-electron chi connectivity index (χ2n) is 5.92. The van der Waals surface area contributed by atoms with Gasteiger partial charge in [0.1, 0.15) is 5.78 Å². The Bertz CT molecular complexity index is 415. The normalized spacial score (nSPS) is 26.1. The van der Waals surface area contributed by atoms with Crippen LogP contribution in [0.15, 0.2) is 0 Å². The zero-order valence-corrected chi connectivity index (χ0v) is 10.9. The molecule has 0 N–H and O–H groups in total. The molecule has 5 heteroatoms. The highest BCUT2D eigenvalue weighted by Crippen LogP contribution is 2.47. The second-order valence-corrected chi connectivity index (χ2v) is 8.53. The van der Waals surface area contributed by atoms with Gasteiger partial charge in [0.05, 0.1) is 11.3 Å². The van der Waals surface area contributed by atoms with Gasteiger partial charge in [-0.05, 0) is 40.0 Å². The average Bonchev–Trinajstić information content (AvgIpc) is 2.40. The summed E-state index contributed by atoms with van der Waals surface area (Å²) >= 11 is 0. The van der Waals surface area contributed by atoms with Crippen LogP contribution in [0, 0.1) is 0 Å². The van der Waals surface area contributed by atoms with E-state index in [0.717, 1.165) is 19.3 Å². The molecule has 92 valence electrons. The number of hydrogen-bond acceptors (Lipinski definition) is 3. The SMILES string of the molecule is CC(C)(C)S(=O)(=O)N1CC(=O)CC12CCC2. The third-order valence-corrected chi connectivity index (χ3v) is 6.37. The highest BCUT2D eigenvalue weighted by molar-refractivity contribution is 7.90.